The monoisotopic (exact) mass is 355 g/mol. The molecule has 0 saturated carbocycles. The van der Waals surface area contributed by atoms with Gasteiger partial charge in [-0.15, -0.1) is 0 Å². The van der Waals surface area contributed by atoms with Crippen molar-refractivity contribution in [1.29, 1.82) is 5.26 Å². The zero-order valence-corrected chi connectivity index (χ0v) is 14.5. The maximum Gasteiger partial charge on any atom is 0.274 e. The SMILES string of the molecule is CCOc1ccc(/C=N\NC(=O)c2ccc(C#N)cc2F)cc1OCC. The minimum Gasteiger partial charge on any atom is -0.490 e. The van der Waals surface area contributed by atoms with Crippen molar-refractivity contribution in [1.82, 2.24) is 5.43 Å². The topological polar surface area (TPSA) is 83.7 Å². The van der Waals surface area contributed by atoms with E-state index in [1.807, 2.05) is 13.8 Å². The number of nitrogens with one attached hydrogen (secondary N) is 1. The third kappa shape index (κ3) is 4.80. The summed E-state index contributed by atoms with van der Waals surface area (Å²) in [5.74, 6) is -0.298. The maximum atomic E-state index is 13.8. The van der Waals surface area contributed by atoms with Crippen molar-refractivity contribution in [2.75, 3.05) is 13.2 Å². The van der Waals surface area contributed by atoms with Crippen LogP contribution in [0.1, 0.15) is 35.3 Å². The molecule has 6 nitrogen and oxygen atoms in total. The lowest BCUT2D eigenvalue weighted by Gasteiger charge is -2.11. The average molecular weight is 355 g/mol. The van der Waals surface area contributed by atoms with Crippen molar-refractivity contribution in [2.45, 2.75) is 13.8 Å². The molecule has 0 aliphatic rings. The lowest BCUT2D eigenvalue weighted by Crippen LogP contribution is -2.19. The summed E-state index contributed by atoms with van der Waals surface area (Å²) in [4.78, 5) is 12.0. The molecule has 26 heavy (non-hydrogen) atoms. The van der Waals surface area contributed by atoms with Gasteiger partial charge in [-0.3, -0.25) is 4.79 Å². The Balaban J connectivity index is 2.09. The Morgan fingerprint density at radius 1 is 1.19 bits per heavy atom. The van der Waals surface area contributed by atoms with Gasteiger partial charge in [-0.2, -0.15) is 10.4 Å². The average Bonchev–Trinajstić information content (AvgIpc) is 2.63. The quantitative estimate of drug-likeness (QED) is 0.610. The normalized spacial score (nSPS) is 10.4. The highest BCUT2D eigenvalue weighted by atomic mass is 19.1. The van der Waals surface area contributed by atoms with Crippen LogP contribution in [0.4, 0.5) is 4.39 Å². The van der Waals surface area contributed by atoms with Crippen molar-refractivity contribution in [2.24, 2.45) is 5.10 Å². The standard InChI is InChI=1S/C19H18FN3O3/c1-3-25-17-8-6-14(10-18(17)26-4-2)12-22-23-19(24)15-7-5-13(11-21)9-16(15)20/h5-10,12H,3-4H2,1-2H3,(H,23,24)/b22-12-. The van der Waals surface area contributed by atoms with Gasteiger partial charge in [0.2, 0.25) is 0 Å². The summed E-state index contributed by atoms with van der Waals surface area (Å²) < 4.78 is 24.8. The van der Waals surface area contributed by atoms with Gasteiger partial charge >= 0.3 is 0 Å². The van der Waals surface area contributed by atoms with Crippen LogP contribution >= 0.6 is 0 Å². The predicted octanol–water partition coefficient (Wildman–Crippen LogP) is 3.26. The first-order valence-corrected chi connectivity index (χ1v) is 8.01. The molecule has 0 aliphatic heterocycles. The third-order valence-corrected chi connectivity index (χ3v) is 3.29. The molecule has 0 bridgehead atoms. The Morgan fingerprint density at radius 3 is 2.58 bits per heavy atom. The molecular formula is C19H18FN3O3. The van der Waals surface area contributed by atoms with Crippen molar-refractivity contribution < 1.29 is 18.7 Å². The fraction of sp³-hybridized carbons (Fsp3) is 0.211. The number of hydrogen-bond donors (Lipinski definition) is 1. The molecule has 7 heteroatoms. The summed E-state index contributed by atoms with van der Waals surface area (Å²) in [6.45, 7) is 4.74. The lowest BCUT2D eigenvalue weighted by molar-refractivity contribution is 0.0951. The smallest absolute Gasteiger partial charge is 0.274 e. The molecule has 1 N–H and O–H groups in total. The molecule has 0 saturated heterocycles. The lowest BCUT2D eigenvalue weighted by atomic mass is 10.1. The molecule has 0 heterocycles. The number of benzene rings is 2. The van der Waals surface area contributed by atoms with Gasteiger partial charge in [0, 0.05) is 0 Å². The molecule has 0 aliphatic carbocycles. The molecule has 1 amide bonds. The number of nitrogens with zero attached hydrogens (tertiary/aromatic N) is 2. The molecule has 0 unspecified atom stereocenters. The fourth-order valence-electron chi connectivity index (χ4n) is 2.14. The summed E-state index contributed by atoms with van der Waals surface area (Å²) in [6.07, 6.45) is 1.41. The highest BCUT2D eigenvalue weighted by Gasteiger charge is 2.11. The summed E-state index contributed by atoms with van der Waals surface area (Å²) in [6, 6.07) is 10.6. The molecule has 0 radical (unpaired) electrons. The second-order valence-corrected chi connectivity index (χ2v) is 5.08. The van der Waals surface area contributed by atoms with Crippen LogP contribution in [0.2, 0.25) is 0 Å². The van der Waals surface area contributed by atoms with Crippen molar-refractivity contribution in [3.05, 3.63) is 58.9 Å². The van der Waals surface area contributed by atoms with E-state index in [2.05, 4.69) is 10.5 Å². The van der Waals surface area contributed by atoms with E-state index in [-0.39, 0.29) is 11.1 Å². The number of ether oxygens (including phenoxy) is 2. The number of nitriles is 1. The molecule has 2 rings (SSSR count). The molecule has 0 fully saturated rings. The van der Waals surface area contributed by atoms with E-state index in [0.29, 0.717) is 30.3 Å². The zero-order chi connectivity index (χ0) is 18.9. The zero-order valence-electron chi connectivity index (χ0n) is 14.5. The maximum absolute atomic E-state index is 13.8. The number of halogens is 1. The van der Waals surface area contributed by atoms with Crippen LogP contribution < -0.4 is 14.9 Å². The summed E-state index contributed by atoms with van der Waals surface area (Å²) in [5.41, 5.74) is 2.88. The van der Waals surface area contributed by atoms with Crippen LogP contribution in [0.5, 0.6) is 11.5 Å². The van der Waals surface area contributed by atoms with Gasteiger partial charge in [-0.25, -0.2) is 9.82 Å². The largest absolute Gasteiger partial charge is 0.490 e. The van der Waals surface area contributed by atoms with Crippen molar-refractivity contribution >= 4 is 12.1 Å². The molecule has 0 aromatic heterocycles. The van der Waals surface area contributed by atoms with Crippen LogP contribution in [-0.4, -0.2) is 25.3 Å². The van der Waals surface area contributed by atoms with Gasteiger partial charge in [0.1, 0.15) is 5.82 Å². The fourth-order valence-corrected chi connectivity index (χ4v) is 2.14. The first-order chi connectivity index (χ1) is 12.6. The van der Waals surface area contributed by atoms with Gasteiger partial charge < -0.3 is 9.47 Å². The van der Waals surface area contributed by atoms with E-state index in [0.717, 1.165) is 6.07 Å². The second-order valence-electron chi connectivity index (χ2n) is 5.08. The molecule has 2 aromatic rings. The van der Waals surface area contributed by atoms with E-state index in [9.17, 15) is 9.18 Å². The molecule has 134 valence electrons. The van der Waals surface area contributed by atoms with E-state index in [4.69, 9.17) is 14.7 Å². The van der Waals surface area contributed by atoms with E-state index in [1.54, 1.807) is 24.3 Å². The van der Waals surface area contributed by atoms with E-state index < -0.39 is 11.7 Å². The van der Waals surface area contributed by atoms with Gasteiger partial charge in [0.25, 0.3) is 5.91 Å². The Labute approximate surface area is 150 Å². The molecular weight excluding hydrogens is 337 g/mol. The Hall–Kier alpha value is -3.40. The predicted molar refractivity (Wildman–Crippen MR) is 95.0 cm³/mol. The number of amides is 1. The minimum absolute atomic E-state index is 0.139. The molecule has 2 aromatic carbocycles. The highest BCUT2D eigenvalue weighted by molar-refractivity contribution is 5.95. The van der Waals surface area contributed by atoms with Gasteiger partial charge in [-0.1, -0.05) is 0 Å². The van der Waals surface area contributed by atoms with Crippen LogP contribution in [0, 0.1) is 17.1 Å². The van der Waals surface area contributed by atoms with Crippen LogP contribution in [0.3, 0.4) is 0 Å². The van der Waals surface area contributed by atoms with Gasteiger partial charge in [0.15, 0.2) is 11.5 Å². The van der Waals surface area contributed by atoms with Gasteiger partial charge in [0.05, 0.1) is 36.6 Å². The summed E-state index contributed by atoms with van der Waals surface area (Å²) in [5, 5.41) is 12.5. The summed E-state index contributed by atoms with van der Waals surface area (Å²) in [7, 11) is 0. The van der Waals surface area contributed by atoms with Crippen molar-refractivity contribution in [3.63, 3.8) is 0 Å². The number of rotatable bonds is 7. The van der Waals surface area contributed by atoms with Gasteiger partial charge in [-0.05, 0) is 55.8 Å². The van der Waals surface area contributed by atoms with Crippen LogP contribution in [0.25, 0.3) is 0 Å². The van der Waals surface area contributed by atoms with Crippen LogP contribution in [-0.2, 0) is 0 Å². The number of carbonyl (C=O) groups is 1. The van der Waals surface area contributed by atoms with E-state index >= 15 is 0 Å². The number of hydrogen-bond acceptors (Lipinski definition) is 5. The van der Waals surface area contributed by atoms with Crippen LogP contribution in [0.15, 0.2) is 41.5 Å². The summed E-state index contributed by atoms with van der Waals surface area (Å²) >= 11 is 0. The third-order valence-electron chi connectivity index (χ3n) is 3.29. The number of hydrazone groups is 1. The van der Waals surface area contributed by atoms with Crippen molar-refractivity contribution in [3.8, 4) is 17.6 Å². The minimum atomic E-state index is -0.781. The highest BCUT2D eigenvalue weighted by Crippen LogP contribution is 2.27. The molecule has 0 atom stereocenters. The Morgan fingerprint density at radius 2 is 1.92 bits per heavy atom. The first-order valence-electron chi connectivity index (χ1n) is 8.01. The first kappa shape index (κ1) is 18.9. The second kappa shape index (κ2) is 9.18. The molecule has 0 spiro atoms. The number of carbonyl (C=O) groups excluding carboxylic acids is 1. The Bertz CT molecular complexity index is 860. The Kier molecular flexibility index (Phi) is 6.68. The van der Waals surface area contributed by atoms with E-state index in [1.165, 1.54) is 18.3 Å².